The Kier molecular flexibility index (Phi) is 17.9. The fourth-order valence-electron chi connectivity index (χ4n) is 7.78. The van der Waals surface area contributed by atoms with Gasteiger partial charge in [-0.1, -0.05) is 80.6 Å². The van der Waals surface area contributed by atoms with Crippen molar-refractivity contribution in [2.24, 2.45) is 17.4 Å². The zero-order valence-electron chi connectivity index (χ0n) is 37.9. The average molecular weight is 935 g/mol. The van der Waals surface area contributed by atoms with E-state index in [-0.39, 0.29) is 31.6 Å². The standard InChI is InChI=1S/C48H58N10O10/c1-26(2)19-37(53-27(3)59)45(65)58-40(23-42(61)62)48(68)54-35(17-18-41(49)60)44(64)57-39(22-30-25-52-34-16-10-8-14-32(30)34)47(67)56-38(20-28-11-5-4-6-12-28)46(66)55-36(43(50)63)21-29-24-51-33-15-9-7-13-31(29)33/h4-16,24-26,35-40,51-52H,17-23H2,1-3H3,(H2,49,60)(H2,50,63)(H,53,59)(H,54,68)(H,55,66)(H,56,67)(H,57,64)(H,58,65)(H,61,62)/t35-,36-,37-,38-,39-,40-/m0/s1. The number of aromatic amines is 2. The first-order valence-electron chi connectivity index (χ1n) is 22.1. The topological polar surface area (TPSA) is 330 Å². The molecule has 0 aliphatic carbocycles. The van der Waals surface area contributed by atoms with Crippen molar-refractivity contribution in [2.45, 2.75) is 102 Å². The smallest absolute Gasteiger partial charge is 0.305 e. The summed E-state index contributed by atoms with van der Waals surface area (Å²) in [4.78, 5) is 125. The fourth-order valence-corrected chi connectivity index (χ4v) is 7.78. The number of aromatic nitrogens is 2. The monoisotopic (exact) mass is 934 g/mol. The second-order valence-corrected chi connectivity index (χ2v) is 17.0. The summed E-state index contributed by atoms with van der Waals surface area (Å²) in [5.74, 6) is -8.35. The van der Waals surface area contributed by atoms with Gasteiger partial charge in [-0.15, -0.1) is 0 Å². The fraction of sp³-hybridized carbons (Fsp3) is 0.354. The zero-order valence-corrected chi connectivity index (χ0v) is 37.9. The van der Waals surface area contributed by atoms with Crippen molar-refractivity contribution >= 4 is 75.0 Å². The summed E-state index contributed by atoms with van der Waals surface area (Å²) in [5.41, 5.74) is 14.7. The Hall–Kier alpha value is -8.03. The lowest BCUT2D eigenvalue weighted by Crippen LogP contribution is -2.60. The third-order valence-electron chi connectivity index (χ3n) is 11.1. The van der Waals surface area contributed by atoms with E-state index in [1.54, 1.807) is 80.8 Å². The first-order chi connectivity index (χ1) is 32.4. The molecule has 20 heteroatoms. The Bertz CT molecular complexity index is 2630. The van der Waals surface area contributed by atoms with Crippen molar-refractivity contribution in [1.29, 1.82) is 0 Å². The summed E-state index contributed by atoms with van der Waals surface area (Å²) in [6, 6.07) is 14.8. The molecule has 0 radical (unpaired) electrons. The maximum Gasteiger partial charge on any atom is 0.305 e. The van der Waals surface area contributed by atoms with Gasteiger partial charge in [0.2, 0.25) is 47.3 Å². The van der Waals surface area contributed by atoms with Crippen molar-refractivity contribution in [3.8, 4) is 0 Å². The Morgan fingerprint density at radius 2 is 0.985 bits per heavy atom. The molecule has 20 nitrogen and oxygen atoms in total. The maximum absolute atomic E-state index is 14.6. The van der Waals surface area contributed by atoms with E-state index in [1.807, 2.05) is 24.3 Å². The van der Waals surface area contributed by atoms with E-state index in [2.05, 4.69) is 41.9 Å². The molecule has 13 N–H and O–H groups in total. The predicted molar refractivity (Wildman–Crippen MR) is 251 cm³/mol. The number of benzene rings is 3. The number of nitrogens with one attached hydrogen (secondary N) is 8. The molecule has 0 fully saturated rings. The molecule has 8 amide bonds. The highest BCUT2D eigenvalue weighted by molar-refractivity contribution is 5.98. The molecule has 0 aliphatic heterocycles. The first kappa shape index (κ1) is 51.0. The lowest BCUT2D eigenvalue weighted by Gasteiger charge is -2.27. The van der Waals surface area contributed by atoms with E-state index in [0.29, 0.717) is 27.6 Å². The Labute approximate surface area is 391 Å². The van der Waals surface area contributed by atoms with Gasteiger partial charge in [-0.05, 0) is 47.6 Å². The Balaban J connectivity index is 1.44. The van der Waals surface area contributed by atoms with Crippen LogP contribution in [0.5, 0.6) is 0 Å². The Morgan fingerprint density at radius 1 is 0.544 bits per heavy atom. The predicted octanol–water partition coefficient (Wildman–Crippen LogP) is 0.877. The number of fused-ring (bicyclic) bond motifs is 2. The lowest BCUT2D eigenvalue weighted by atomic mass is 10.00. The average Bonchev–Trinajstić information content (AvgIpc) is 3.89. The minimum atomic E-state index is -1.75. The van der Waals surface area contributed by atoms with Crippen LogP contribution in [0.3, 0.4) is 0 Å². The van der Waals surface area contributed by atoms with Crippen LogP contribution in [0.25, 0.3) is 21.8 Å². The van der Waals surface area contributed by atoms with E-state index in [0.717, 1.165) is 10.9 Å². The second kappa shape index (κ2) is 23.9. The summed E-state index contributed by atoms with van der Waals surface area (Å²) in [6.45, 7) is 4.78. The molecule has 5 rings (SSSR count). The number of carbonyl (C=O) groups excluding carboxylic acids is 8. The number of hydrogen-bond donors (Lipinski definition) is 11. The van der Waals surface area contributed by atoms with Gasteiger partial charge in [-0.25, -0.2) is 0 Å². The molecule has 2 aromatic heterocycles. The SMILES string of the molecule is CC(=O)N[C@@H](CC(C)C)C(=O)N[C@@H](CC(=O)O)C(=O)N[C@@H](CCC(N)=O)C(=O)N[C@@H](Cc1c[nH]c2ccccc12)C(=O)N[C@@H](Cc1ccccc1)C(=O)N[C@@H](Cc1c[nH]c2ccccc12)C(N)=O. The molecule has 360 valence electrons. The number of H-pyrrole nitrogens is 2. The summed E-state index contributed by atoms with van der Waals surface area (Å²) in [6.07, 6.45) is 1.55. The van der Waals surface area contributed by atoms with Crippen molar-refractivity contribution in [2.75, 3.05) is 0 Å². The van der Waals surface area contributed by atoms with Crippen LogP contribution < -0.4 is 43.4 Å². The van der Waals surface area contributed by atoms with E-state index < -0.39 is 109 Å². The zero-order chi connectivity index (χ0) is 49.5. The van der Waals surface area contributed by atoms with Crippen LogP contribution >= 0.6 is 0 Å². The van der Waals surface area contributed by atoms with Gasteiger partial charge in [0.05, 0.1) is 6.42 Å². The highest BCUT2D eigenvalue weighted by atomic mass is 16.4. The summed E-state index contributed by atoms with van der Waals surface area (Å²) in [7, 11) is 0. The molecule has 2 heterocycles. The van der Waals surface area contributed by atoms with Gasteiger partial charge in [-0.2, -0.15) is 0 Å². The summed E-state index contributed by atoms with van der Waals surface area (Å²) in [5, 5.41) is 26.6. The molecule has 3 aromatic carbocycles. The van der Waals surface area contributed by atoms with Crippen LogP contribution in [0.2, 0.25) is 0 Å². The molecule has 0 unspecified atom stereocenters. The van der Waals surface area contributed by atoms with E-state index >= 15 is 0 Å². The number of para-hydroxylation sites is 2. The van der Waals surface area contributed by atoms with Crippen molar-refractivity contribution in [3.63, 3.8) is 0 Å². The number of rotatable bonds is 25. The van der Waals surface area contributed by atoms with Gasteiger partial charge < -0.3 is 58.4 Å². The van der Waals surface area contributed by atoms with Gasteiger partial charge in [0, 0.05) is 66.8 Å². The maximum atomic E-state index is 14.6. The normalized spacial score (nSPS) is 13.8. The highest BCUT2D eigenvalue weighted by Crippen LogP contribution is 2.21. The van der Waals surface area contributed by atoms with Crippen LogP contribution in [-0.4, -0.2) is 105 Å². The van der Waals surface area contributed by atoms with E-state index in [1.165, 1.54) is 6.92 Å². The molecule has 0 aliphatic rings. The third-order valence-corrected chi connectivity index (χ3v) is 11.1. The van der Waals surface area contributed by atoms with Crippen LogP contribution in [0.1, 0.15) is 63.1 Å². The minimum absolute atomic E-state index is 0.0274. The highest BCUT2D eigenvalue weighted by Gasteiger charge is 2.35. The van der Waals surface area contributed by atoms with E-state index in [9.17, 15) is 48.3 Å². The number of carboxylic acid groups (broad SMARTS) is 1. The molecular weight excluding hydrogens is 877 g/mol. The second-order valence-electron chi connectivity index (χ2n) is 17.0. The number of carbonyl (C=O) groups is 9. The molecule has 0 saturated carbocycles. The number of carboxylic acids is 1. The number of hydrogen-bond acceptors (Lipinski definition) is 9. The molecule has 68 heavy (non-hydrogen) atoms. The van der Waals surface area contributed by atoms with Gasteiger partial charge in [0.15, 0.2) is 0 Å². The first-order valence-corrected chi connectivity index (χ1v) is 22.1. The quantitative estimate of drug-likeness (QED) is 0.0392. The van der Waals surface area contributed by atoms with Crippen molar-refractivity contribution < 1.29 is 48.3 Å². The van der Waals surface area contributed by atoms with Gasteiger partial charge >= 0.3 is 5.97 Å². The van der Waals surface area contributed by atoms with Gasteiger partial charge in [0.1, 0.15) is 36.3 Å². The van der Waals surface area contributed by atoms with E-state index in [4.69, 9.17) is 11.5 Å². The Morgan fingerprint density at radius 3 is 1.50 bits per heavy atom. The van der Waals surface area contributed by atoms with Crippen LogP contribution in [-0.2, 0) is 62.4 Å². The van der Waals surface area contributed by atoms with Gasteiger partial charge in [-0.3, -0.25) is 43.2 Å². The molecule has 6 atom stereocenters. The minimum Gasteiger partial charge on any atom is -0.481 e. The summed E-state index contributed by atoms with van der Waals surface area (Å²) < 4.78 is 0. The number of primary amides is 2. The van der Waals surface area contributed by atoms with Crippen molar-refractivity contribution in [1.82, 2.24) is 41.9 Å². The largest absolute Gasteiger partial charge is 0.481 e. The van der Waals surface area contributed by atoms with Gasteiger partial charge in [0.25, 0.3) is 0 Å². The van der Waals surface area contributed by atoms with Crippen molar-refractivity contribution in [3.05, 3.63) is 108 Å². The van der Waals surface area contributed by atoms with Crippen LogP contribution in [0, 0.1) is 5.92 Å². The third kappa shape index (κ3) is 14.7. The van der Waals surface area contributed by atoms with Crippen LogP contribution in [0.15, 0.2) is 91.3 Å². The molecule has 5 aromatic rings. The number of amides is 8. The lowest BCUT2D eigenvalue weighted by molar-refractivity contribution is -0.141. The molecule has 0 spiro atoms. The number of nitrogens with two attached hydrogens (primary N) is 2. The summed E-state index contributed by atoms with van der Waals surface area (Å²) >= 11 is 0. The van der Waals surface area contributed by atoms with Crippen LogP contribution in [0.4, 0.5) is 0 Å². The molecule has 0 bridgehead atoms. The molecular formula is C48H58N10O10. The molecule has 0 saturated heterocycles. The number of aliphatic carboxylic acids is 1.